The van der Waals surface area contributed by atoms with Gasteiger partial charge in [-0.2, -0.15) is 5.26 Å². The Labute approximate surface area is 102 Å². The van der Waals surface area contributed by atoms with E-state index in [0.717, 1.165) is 18.5 Å². The molecule has 0 unspecified atom stereocenters. The SMILES string of the molecule is N#CC1(c2csc(-c3ccccc3F)n2)CC1. The summed E-state index contributed by atoms with van der Waals surface area (Å²) in [7, 11) is 0. The minimum atomic E-state index is -0.389. The van der Waals surface area contributed by atoms with Gasteiger partial charge in [0.05, 0.1) is 11.8 Å². The van der Waals surface area contributed by atoms with Gasteiger partial charge in [0.2, 0.25) is 0 Å². The number of nitrogens with zero attached hydrogens (tertiary/aromatic N) is 2. The van der Waals surface area contributed by atoms with Crippen LogP contribution in [0.15, 0.2) is 29.6 Å². The fourth-order valence-electron chi connectivity index (χ4n) is 1.80. The molecule has 0 atom stereocenters. The number of thiazole rings is 1. The molecule has 1 aliphatic rings. The molecule has 4 heteroatoms. The van der Waals surface area contributed by atoms with Crippen LogP contribution in [0, 0.1) is 17.1 Å². The summed E-state index contributed by atoms with van der Waals surface area (Å²) in [4.78, 5) is 4.40. The summed E-state index contributed by atoms with van der Waals surface area (Å²) in [5, 5.41) is 11.6. The number of hydrogen-bond donors (Lipinski definition) is 0. The van der Waals surface area contributed by atoms with Crippen molar-refractivity contribution in [2.45, 2.75) is 18.3 Å². The van der Waals surface area contributed by atoms with E-state index in [4.69, 9.17) is 5.26 Å². The van der Waals surface area contributed by atoms with Gasteiger partial charge in [0, 0.05) is 10.9 Å². The topological polar surface area (TPSA) is 36.7 Å². The summed E-state index contributed by atoms with van der Waals surface area (Å²) in [6, 6.07) is 8.88. The number of rotatable bonds is 2. The zero-order valence-electron chi connectivity index (χ0n) is 8.98. The molecule has 0 radical (unpaired) electrons. The predicted molar refractivity (Wildman–Crippen MR) is 64.0 cm³/mol. The summed E-state index contributed by atoms with van der Waals surface area (Å²) in [6.07, 6.45) is 1.73. The van der Waals surface area contributed by atoms with Crippen LogP contribution in [0.25, 0.3) is 10.6 Å². The molecule has 1 aliphatic carbocycles. The Hall–Kier alpha value is -1.73. The lowest BCUT2D eigenvalue weighted by Crippen LogP contribution is -2.02. The summed E-state index contributed by atoms with van der Waals surface area (Å²) in [6.45, 7) is 0. The van der Waals surface area contributed by atoms with Crippen LogP contribution in [0.4, 0.5) is 4.39 Å². The smallest absolute Gasteiger partial charge is 0.133 e. The van der Waals surface area contributed by atoms with Crippen molar-refractivity contribution in [1.29, 1.82) is 5.26 Å². The lowest BCUT2D eigenvalue weighted by molar-refractivity contribution is 0.631. The molecule has 0 N–H and O–H groups in total. The van der Waals surface area contributed by atoms with Crippen LogP contribution in [-0.4, -0.2) is 4.98 Å². The second-order valence-corrected chi connectivity index (χ2v) is 5.07. The first-order chi connectivity index (χ1) is 8.25. The highest BCUT2D eigenvalue weighted by Crippen LogP contribution is 2.48. The highest BCUT2D eigenvalue weighted by atomic mass is 32.1. The molecule has 0 aliphatic heterocycles. The zero-order chi connectivity index (χ0) is 11.9. The largest absolute Gasteiger partial charge is 0.239 e. The molecular weight excluding hydrogens is 235 g/mol. The molecule has 17 heavy (non-hydrogen) atoms. The standard InChI is InChI=1S/C13H9FN2S/c14-10-4-2-1-3-9(10)12-16-11(7-17-12)13(8-15)5-6-13/h1-4,7H,5-6H2. The van der Waals surface area contributed by atoms with Gasteiger partial charge in [-0.05, 0) is 25.0 Å². The fraction of sp³-hybridized carbons (Fsp3) is 0.231. The lowest BCUT2D eigenvalue weighted by atomic mass is 10.1. The van der Waals surface area contributed by atoms with E-state index in [1.807, 2.05) is 5.38 Å². The van der Waals surface area contributed by atoms with Gasteiger partial charge < -0.3 is 0 Å². The molecule has 1 aromatic heterocycles. The monoisotopic (exact) mass is 244 g/mol. The van der Waals surface area contributed by atoms with Gasteiger partial charge in [-0.1, -0.05) is 12.1 Å². The average Bonchev–Trinajstić information content (AvgIpc) is 3.00. The van der Waals surface area contributed by atoms with Gasteiger partial charge in [-0.15, -0.1) is 11.3 Å². The third kappa shape index (κ3) is 1.63. The first-order valence-corrected chi connectivity index (χ1v) is 6.25. The number of aromatic nitrogens is 1. The fourth-order valence-corrected chi connectivity index (χ4v) is 2.75. The van der Waals surface area contributed by atoms with E-state index >= 15 is 0 Å². The molecule has 2 aromatic rings. The van der Waals surface area contributed by atoms with Crippen LogP contribution in [0.1, 0.15) is 18.5 Å². The van der Waals surface area contributed by atoms with Gasteiger partial charge in [0.15, 0.2) is 0 Å². The van der Waals surface area contributed by atoms with Gasteiger partial charge in [0.25, 0.3) is 0 Å². The van der Waals surface area contributed by atoms with E-state index in [1.54, 1.807) is 18.2 Å². The van der Waals surface area contributed by atoms with Crippen molar-refractivity contribution in [1.82, 2.24) is 4.98 Å². The Kier molecular flexibility index (Phi) is 2.23. The van der Waals surface area contributed by atoms with Crippen molar-refractivity contribution in [3.63, 3.8) is 0 Å². The minimum Gasteiger partial charge on any atom is -0.239 e. The predicted octanol–water partition coefficient (Wildman–Crippen LogP) is 3.50. The van der Waals surface area contributed by atoms with E-state index in [9.17, 15) is 4.39 Å². The Morgan fingerprint density at radius 1 is 1.35 bits per heavy atom. The molecule has 0 saturated heterocycles. The Bertz CT molecular complexity index is 608. The number of hydrogen-bond acceptors (Lipinski definition) is 3. The maximum absolute atomic E-state index is 13.6. The summed E-state index contributed by atoms with van der Waals surface area (Å²) < 4.78 is 13.6. The lowest BCUT2D eigenvalue weighted by Gasteiger charge is -2.00. The van der Waals surface area contributed by atoms with Crippen molar-refractivity contribution in [2.75, 3.05) is 0 Å². The van der Waals surface area contributed by atoms with Gasteiger partial charge in [-0.3, -0.25) is 0 Å². The second kappa shape index (κ2) is 3.64. The van der Waals surface area contributed by atoms with Crippen molar-refractivity contribution in [3.05, 3.63) is 41.2 Å². The quantitative estimate of drug-likeness (QED) is 0.810. The molecular formula is C13H9FN2S. The molecule has 1 saturated carbocycles. The van der Waals surface area contributed by atoms with Crippen molar-refractivity contribution in [2.24, 2.45) is 0 Å². The number of halogens is 1. The molecule has 1 aromatic carbocycles. The van der Waals surface area contributed by atoms with Gasteiger partial charge in [-0.25, -0.2) is 9.37 Å². The third-order valence-electron chi connectivity index (χ3n) is 3.06. The molecule has 0 spiro atoms. The summed E-state index contributed by atoms with van der Waals surface area (Å²) >= 11 is 1.40. The van der Waals surface area contributed by atoms with Crippen LogP contribution in [0.2, 0.25) is 0 Å². The summed E-state index contributed by atoms with van der Waals surface area (Å²) in [5.74, 6) is -0.268. The van der Waals surface area contributed by atoms with E-state index < -0.39 is 0 Å². The van der Waals surface area contributed by atoms with E-state index in [1.165, 1.54) is 17.4 Å². The molecule has 2 nitrogen and oxygen atoms in total. The van der Waals surface area contributed by atoms with E-state index in [-0.39, 0.29) is 11.2 Å². The van der Waals surface area contributed by atoms with Crippen LogP contribution in [0.5, 0.6) is 0 Å². The molecule has 0 amide bonds. The third-order valence-corrected chi connectivity index (χ3v) is 3.94. The molecule has 3 rings (SSSR count). The average molecular weight is 244 g/mol. The first kappa shape index (κ1) is 10.4. The molecule has 1 fully saturated rings. The van der Waals surface area contributed by atoms with E-state index in [0.29, 0.717) is 10.6 Å². The second-order valence-electron chi connectivity index (χ2n) is 4.21. The van der Waals surface area contributed by atoms with Crippen molar-refractivity contribution >= 4 is 11.3 Å². The highest BCUT2D eigenvalue weighted by Gasteiger charge is 2.47. The first-order valence-electron chi connectivity index (χ1n) is 5.37. The summed E-state index contributed by atoms with van der Waals surface area (Å²) in [5.41, 5.74) is 0.917. The van der Waals surface area contributed by atoms with Crippen molar-refractivity contribution < 1.29 is 4.39 Å². The Morgan fingerprint density at radius 3 is 2.76 bits per heavy atom. The number of nitriles is 1. The molecule has 1 heterocycles. The van der Waals surface area contributed by atoms with Crippen LogP contribution >= 0.6 is 11.3 Å². The maximum atomic E-state index is 13.6. The normalized spacial score (nSPS) is 16.5. The van der Waals surface area contributed by atoms with Crippen LogP contribution in [0.3, 0.4) is 0 Å². The number of benzene rings is 1. The maximum Gasteiger partial charge on any atom is 0.133 e. The Morgan fingerprint density at radius 2 is 2.12 bits per heavy atom. The molecule has 0 bridgehead atoms. The van der Waals surface area contributed by atoms with Gasteiger partial charge in [0.1, 0.15) is 16.2 Å². The van der Waals surface area contributed by atoms with Crippen molar-refractivity contribution in [3.8, 4) is 16.6 Å². The van der Waals surface area contributed by atoms with Crippen LogP contribution < -0.4 is 0 Å². The zero-order valence-corrected chi connectivity index (χ0v) is 9.80. The Balaban J connectivity index is 2.02. The molecule has 84 valence electrons. The highest BCUT2D eigenvalue weighted by molar-refractivity contribution is 7.13. The van der Waals surface area contributed by atoms with Crippen LogP contribution in [-0.2, 0) is 5.41 Å². The minimum absolute atomic E-state index is 0.268. The van der Waals surface area contributed by atoms with Gasteiger partial charge >= 0.3 is 0 Å². The van der Waals surface area contributed by atoms with E-state index in [2.05, 4.69) is 11.1 Å².